The van der Waals surface area contributed by atoms with Crippen LogP contribution in [0.15, 0.2) is 41.8 Å². The van der Waals surface area contributed by atoms with Gasteiger partial charge < -0.3 is 4.90 Å². The maximum absolute atomic E-state index is 4.56. The van der Waals surface area contributed by atoms with E-state index in [9.17, 15) is 0 Å². The zero-order chi connectivity index (χ0) is 14.0. The van der Waals surface area contributed by atoms with Gasteiger partial charge in [0.1, 0.15) is 11.6 Å². The van der Waals surface area contributed by atoms with Crippen molar-refractivity contribution in [2.24, 2.45) is 0 Å². The van der Waals surface area contributed by atoms with Gasteiger partial charge in [-0.2, -0.15) is 0 Å². The van der Waals surface area contributed by atoms with Crippen molar-refractivity contribution < 1.29 is 0 Å². The van der Waals surface area contributed by atoms with E-state index in [0.717, 1.165) is 35.6 Å². The summed E-state index contributed by atoms with van der Waals surface area (Å²) in [5, 5.41) is 0. The van der Waals surface area contributed by atoms with Gasteiger partial charge in [0.15, 0.2) is 0 Å². The predicted octanol–water partition coefficient (Wildman–Crippen LogP) is 3.71. The van der Waals surface area contributed by atoms with Crippen LogP contribution in [0.4, 0.5) is 5.82 Å². The van der Waals surface area contributed by atoms with Crippen molar-refractivity contribution in [3.63, 3.8) is 0 Å². The molecule has 0 aliphatic heterocycles. The van der Waals surface area contributed by atoms with E-state index in [-0.39, 0.29) is 0 Å². The first-order chi connectivity index (χ1) is 9.00. The Morgan fingerprint density at radius 3 is 2.79 bits per heavy atom. The topological polar surface area (TPSA) is 29.0 Å². The van der Waals surface area contributed by atoms with Crippen LogP contribution in [0.3, 0.4) is 0 Å². The van der Waals surface area contributed by atoms with Gasteiger partial charge in [-0.3, -0.25) is 0 Å². The standard InChI is InChI=1S/C16H21N3/c1-11(2)14-8-6-7-9-15(14)19(5)16-12(3)10-17-13(4)18-16/h7,9-10H,1,6,8H2,2-5H3. The number of rotatable bonds is 3. The van der Waals surface area contributed by atoms with E-state index in [1.54, 1.807) is 0 Å². The van der Waals surface area contributed by atoms with E-state index >= 15 is 0 Å². The summed E-state index contributed by atoms with van der Waals surface area (Å²) in [7, 11) is 2.06. The Balaban J connectivity index is 2.48. The second-order valence-electron chi connectivity index (χ2n) is 5.07. The first-order valence-electron chi connectivity index (χ1n) is 6.60. The second kappa shape index (κ2) is 5.39. The lowest BCUT2D eigenvalue weighted by molar-refractivity contribution is 0.903. The summed E-state index contributed by atoms with van der Waals surface area (Å²) >= 11 is 0. The molecule has 3 heteroatoms. The van der Waals surface area contributed by atoms with Crippen molar-refractivity contribution in [2.75, 3.05) is 11.9 Å². The quantitative estimate of drug-likeness (QED) is 0.824. The molecule has 0 amide bonds. The molecule has 0 spiro atoms. The van der Waals surface area contributed by atoms with Crippen LogP contribution in [0.25, 0.3) is 0 Å². The second-order valence-corrected chi connectivity index (χ2v) is 5.07. The molecule has 1 aliphatic rings. The fourth-order valence-electron chi connectivity index (χ4n) is 2.37. The molecule has 0 unspecified atom stereocenters. The molecule has 0 atom stereocenters. The summed E-state index contributed by atoms with van der Waals surface area (Å²) in [6.45, 7) is 10.1. The molecule has 1 aromatic heterocycles. The fourth-order valence-corrected chi connectivity index (χ4v) is 2.37. The van der Waals surface area contributed by atoms with E-state index in [0.29, 0.717) is 0 Å². The highest BCUT2D eigenvalue weighted by Crippen LogP contribution is 2.29. The Kier molecular flexibility index (Phi) is 3.84. The molecule has 0 saturated heterocycles. The van der Waals surface area contributed by atoms with Gasteiger partial charge >= 0.3 is 0 Å². The number of aryl methyl sites for hydroxylation is 2. The third-order valence-electron chi connectivity index (χ3n) is 3.41. The number of anilines is 1. The van der Waals surface area contributed by atoms with Crippen LogP contribution in [0.5, 0.6) is 0 Å². The average molecular weight is 255 g/mol. The van der Waals surface area contributed by atoms with Crippen molar-refractivity contribution >= 4 is 5.82 Å². The third kappa shape index (κ3) is 2.75. The van der Waals surface area contributed by atoms with Crippen LogP contribution < -0.4 is 4.90 Å². The highest BCUT2D eigenvalue weighted by atomic mass is 15.2. The minimum absolute atomic E-state index is 0.796. The molecule has 3 nitrogen and oxygen atoms in total. The Morgan fingerprint density at radius 2 is 2.11 bits per heavy atom. The normalized spacial score (nSPS) is 14.7. The van der Waals surface area contributed by atoms with Gasteiger partial charge in [-0.1, -0.05) is 18.2 Å². The Labute approximate surface area is 115 Å². The molecule has 0 aromatic carbocycles. The van der Waals surface area contributed by atoms with Crippen LogP contribution >= 0.6 is 0 Å². The minimum atomic E-state index is 0.796. The monoisotopic (exact) mass is 255 g/mol. The molecule has 0 bridgehead atoms. The van der Waals surface area contributed by atoms with Crippen molar-refractivity contribution in [1.82, 2.24) is 9.97 Å². The predicted molar refractivity (Wildman–Crippen MR) is 80.1 cm³/mol. The van der Waals surface area contributed by atoms with Crippen LogP contribution in [0.2, 0.25) is 0 Å². The SMILES string of the molecule is C=C(C)C1=C(N(C)c2nc(C)ncc2C)C=CCC1. The van der Waals surface area contributed by atoms with Gasteiger partial charge in [0.2, 0.25) is 0 Å². The summed E-state index contributed by atoms with van der Waals surface area (Å²) < 4.78 is 0. The molecule has 19 heavy (non-hydrogen) atoms. The van der Waals surface area contributed by atoms with Crippen molar-refractivity contribution in [1.29, 1.82) is 0 Å². The lowest BCUT2D eigenvalue weighted by Gasteiger charge is -2.26. The zero-order valence-electron chi connectivity index (χ0n) is 12.2. The van der Waals surface area contributed by atoms with Crippen molar-refractivity contribution in [3.8, 4) is 0 Å². The summed E-state index contributed by atoms with van der Waals surface area (Å²) in [4.78, 5) is 10.9. The summed E-state index contributed by atoms with van der Waals surface area (Å²) in [5.74, 6) is 1.76. The molecule has 0 fully saturated rings. The highest BCUT2D eigenvalue weighted by molar-refractivity contribution is 5.57. The number of hydrogen-bond donors (Lipinski definition) is 0. The smallest absolute Gasteiger partial charge is 0.139 e. The maximum Gasteiger partial charge on any atom is 0.139 e. The molecule has 0 N–H and O–H groups in total. The van der Waals surface area contributed by atoms with E-state index in [1.165, 1.54) is 11.3 Å². The van der Waals surface area contributed by atoms with Crippen molar-refractivity contribution in [2.45, 2.75) is 33.6 Å². The number of hydrogen-bond acceptors (Lipinski definition) is 3. The molecule has 100 valence electrons. The van der Waals surface area contributed by atoms with Gasteiger partial charge in [-0.15, -0.1) is 0 Å². The van der Waals surface area contributed by atoms with E-state index in [2.05, 4.69) is 47.6 Å². The molecule has 0 saturated carbocycles. The summed E-state index contributed by atoms with van der Waals surface area (Å²) in [5.41, 5.74) is 4.73. The fraction of sp³-hybridized carbons (Fsp3) is 0.375. The first-order valence-corrected chi connectivity index (χ1v) is 6.60. The Morgan fingerprint density at radius 1 is 1.37 bits per heavy atom. The molecule has 2 rings (SSSR count). The number of nitrogens with zero attached hydrogens (tertiary/aromatic N) is 3. The number of aromatic nitrogens is 2. The van der Waals surface area contributed by atoms with Gasteiger partial charge in [-0.25, -0.2) is 9.97 Å². The average Bonchev–Trinajstić information content (AvgIpc) is 2.40. The maximum atomic E-state index is 4.56. The lowest BCUT2D eigenvalue weighted by Crippen LogP contribution is -2.21. The summed E-state index contributed by atoms with van der Waals surface area (Å²) in [6.07, 6.45) is 8.39. The molecular weight excluding hydrogens is 234 g/mol. The lowest BCUT2D eigenvalue weighted by atomic mass is 9.96. The van der Waals surface area contributed by atoms with Crippen LogP contribution in [0, 0.1) is 13.8 Å². The van der Waals surface area contributed by atoms with Gasteiger partial charge in [-0.05, 0) is 45.3 Å². The largest absolute Gasteiger partial charge is 0.329 e. The van der Waals surface area contributed by atoms with Crippen LogP contribution in [-0.4, -0.2) is 17.0 Å². The highest BCUT2D eigenvalue weighted by Gasteiger charge is 2.16. The zero-order valence-corrected chi connectivity index (χ0v) is 12.2. The summed E-state index contributed by atoms with van der Waals surface area (Å²) in [6, 6.07) is 0. The molecule has 0 radical (unpaired) electrons. The van der Waals surface area contributed by atoms with E-state index < -0.39 is 0 Å². The first kappa shape index (κ1) is 13.5. The van der Waals surface area contributed by atoms with Crippen LogP contribution in [-0.2, 0) is 0 Å². The molecular formula is C16H21N3. The van der Waals surface area contributed by atoms with Crippen LogP contribution in [0.1, 0.15) is 31.2 Å². The number of likely N-dealkylation sites (N-methyl/N-ethyl adjacent to an activating group) is 1. The van der Waals surface area contributed by atoms with E-state index in [1.807, 2.05) is 20.0 Å². The number of allylic oxidation sites excluding steroid dienone is 4. The van der Waals surface area contributed by atoms with E-state index in [4.69, 9.17) is 0 Å². The Hall–Kier alpha value is -1.90. The minimum Gasteiger partial charge on any atom is -0.329 e. The Bertz CT molecular complexity index is 567. The molecule has 1 aliphatic carbocycles. The van der Waals surface area contributed by atoms with Gasteiger partial charge in [0, 0.05) is 24.5 Å². The van der Waals surface area contributed by atoms with Gasteiger partial charge in [0.25, 0.3) is 0 Å². The van der Waals surface area contributed by atoms with Gasteiger partial charge in [0.05, 0.1) is 0 Å². The molecule has 1 heterocycles. The molecule has 1 aromatic rings. The third-order valence-corrected chi connectivity index (χ3v) is 3.41. The van der Waals surface area contributed by atoms with Crippen molar-refractivity contribution in [3.05, 3.63) is 53.2 Å².